The highest BCUT2D eigenvalue weighted by Crippen LogP contribution is 2.32. The number of anilines is 2. The van der Waals surface area contributed by atoms with Crippen LogP contribution in [0.1, 0.15) is 23.6 Å². The number of carbonyl (C=O) groups is 1. The van der Waals surface area contributed by atoms with Gasteiger partial charge in [0, 0.05) is 23.6 Å². The van der Waals surface area contributed by atoms with E-state index in [4.69, 9.17) is 0 Å². The monoisotopic (exact) mass is 331 g/mol. The van der Waals surface area contributed by atoms with Crippen LogP contribution in [0.4, 0.5) is 11.4 Å². The van der Waals surface area contributed by atoms with Crippen LogP contribution in [-0.4, -0.2) is 11.9 Å². The summed E-state index contributed by atoms with van der Waals surface area (Å²) < 4.78 is 0. The number of nitriles is 1. The highest BCUT2D eigenvalue weighted by atomic mass is 16.1. The zero-order valence-electron chi connectivity index (χ0n) is 14.7. The molecule has 0 spiro atoms. The van der Waals surface area contributed by atoms with Gasteiger partial charge >= 0.3 is 0 Å². The largest absolute Gasteiger partial charge is 0.343 e. The molecule has 0 saturated carbocycles. The van der Waals surface area contributed by atoms with Gasteiger partial charge in [-0.2, -0.15) is 5.26 Å². The van der Waals surface area contributed by atoms with E-state index in [1.807, 2.05) is 61.2 Å². The summed E-state index contributed by atoms with van der Waals surface area (Å²) in [7, 11) is 0. The summed E-state index contributed by atoms with van der Waals surface area (Å²) >= 11 is 0. The van der Waals surface area contributed by atoms with Crippen molar-refractivity contribution in [3.8, 4) is 6.07 Å². The first-order valence-corrected chi connectivity index (χ1v) is 8.37. The van der Waals surface area contributed by atoms with Crippen LogP contribution >= 0.6 is 0 Å². The first kappa shape index (κ1) is 16.8. The van der Waals surface area contributed by atoms with Gasteiger partial charge in [-0.25, -0.2) is 0 Å². The van der Waals surface area contributed by atoms with Crippen molar-refractivity contribution in [3.05, 3.63) is 70.9 Å². The van der Waals surface area contributed by atoms with Crippen molar-refractivity contribution in [2.75, 3.05) is 10.2 Å². The smallest absolute Gasteiger partial charge is 0.267 e. The Hall–Kier alpha value is -3.06. The standard InChI is InChI=1S/C21H21N3O/c1-14-7-6-9-19(16(14)3)23-21(25)18(12-22)13-24-15(2)11-17-8-4-5-10-20(17)24/h4-10,13,15H,11H2,1-3H3,(H,23,25)/b18-13-. The van der Waals surface area contributed by atoms with Gasteiger partial charge in [0.15, 0.2) is 0 Å². The second-order valence-electron chi connectivity index (χ2n) is 6.45. The first-order valence-electron chi connectivity index (χ1n) is 8.37. The number of rotatable bonds is 3. The first-order chi connectivity index (χ1) is 12.0. The van der Waals surface area contributed by atoms with Crippen LogP contribution in [0.25, 0.3) is 0 Å². The van der Waals surface area contributed by atoms with Crippen LogP contribution in [-0.2, 0) is 11.2 Å². The number of aryl methyl sites for hydroxylation is 1. The molecule has 1 atom stereocenters. The fraction of sp³-hybridized carbons (Fsp3) is 0.238. The molecule has 126 valence electrons. The molecule has 1 unspecified atom stereocenters. The zero-order valence-corrected chi connectivity index (χ0v) is 14.7. The lowest BCUT2D eigenvalue weighted by Crippen LogP contribution is -2.26. The number of benzene rings is 2. The number of carbonyl (C=O) groups excluding carboxylic acids is 1. The molecule has 1 amide bonds. The van der Waals surface area contributed by atoms with Crippen molar-refractivity contribution in [2.45, 2.75) is 33.2 Å². The molecule has 0 aliphatic carbocycles. The number of fused-ring (bicyclic) bond motifs is 1. The molecule has 0 fully saturated rings. The Labute approximate surface area is 148 Å². The normalized spacial score (nSPS) is 16.3. The Morgan fingerprint density at radius 3 is 2.76 bits per heavy atom. The van der Waals surface area contributed by atoms with E-state index in [0.29, 0.717) is 0 Å². The summed E-state index contributed by atoms with van der Waals surface area (Å²) in [5.74, 6) is -0.382. The third-order valence-electron chi connectivity index (χ3n) is 4.75. The summed E-state index contributed by atoms with van der Waals surface area (Å²) in [6.45, 7) is 6.04. The van der Waals surface area contributed by atoms with Crippen molar-refractivity contribution in [1.82, 2.24) is 0 Å². The lowest BCUT2D eigenvalue weighted by atomic mass is 10.1. The number of nitrogens with zero attached hydrogens (tertiary/aromatic N) is 2. The number of hydrogen-bond donors (Lipinski definition) is 1. The average Bonchev–Trinajstić information content (AvgIpc) is 2.92. The highest BCUT2D eigenvalue weighted by Gasteiger charge is 2.25. The quantitative estimate of drug-likeness (QED) is 0.680. The van der Waals surface area contributed by atoms with Gasteiger partial charge in [-0.05, 0) is 56.0 Å². The number of hydrogen-bond acceptors (Lipinski definition) is 3. The summed E-state index contributed by atoms with van der Waals surface area (Å²) in [6.07, 6.45) is 2.57. The van der Waals surface area contributed by atoms with Crippen LogP contribution in [0.15, 0.2) is 54.2 Å². The van der Waals surface area contributed by atoms with Crippen molar-refractivity contribution < 1.29 is 4.79 Å². The van der Waals surface area contributed by atoms with Gasteiger partial charge in [-0.3, -0.25) is 4.79 Å². The molecule has 0 saturated heterocycles. The van der Waals surface area contributed by atoms with Gasteiger partial charge in [-0.1, -0.05) is 30.3 Å². The molecule has 3 rings (SSSR count). The number of para-hydroxylation sites is 1. The maximum atomic E-state index is 12.6. The van der Waals surface area contributed by atoms with Gasteiger partial charge in [0.05, 0.1) is 0 Å². The molecule has 0 radical (unpaired) electrons. The van der Waals surface area contributed by atoms with E-state index in [0.717, 1.165) is 28.9 Å². The number of nitrogens with one attached hydrogen (secondary N) is 1. The zero-order chi connectivity index (χ0) is 18.0. The Morgan fingerprint density at radius 2 is 2.00 bits per heavy atom. The molecular formula is C21H21N3O. The van der Waals surface area contributed by atoms with Gasteiger partial charge in [0.1, 0.15) is 11.6 Å². The van der Waals surface area contributed by atoms with Gasteiger partial charge in [0.25, 0.3) is 5.91 Å². The average molecular weight is 331 g/mol. The molecule has 2 aromatic carbocycles. The Balaban J connectivity index is 1.87. The number of amides is 1. The molecule has 25 heavy (non-hydrogen) atoms. The van der Waals surface area contributed by atoms with Crippen LogP contribution in [0.2, 0.25) is 0 Å². The Bertz CT molecular complexity index is 892. The Morgan fingerprint density at radius 1 is 1.24 bits per heavy atom. The molecule has 4 nitrogen and oxygen atoms in total. The maximum absolute atomic E-state index is 12.6. The van der Waals surface area contributed by atoms with Crippen molar-refractivity contribution >= 4 is 17.3 Å². The lowest BCUT2D eigenvalue weighted by molar-refractivity contribution is -0.112. The minimum atomic E-state index is -0.382. The molecular weight excluding hydrogens is 310 g/mol. The predicted octanol–water partition coefficient (Wildman–Crippen LogP) is 4.10. The molecule has 1 heterocycles. The topological polar surface area (TPSA) is 56.1 Å². The molecule has 1 aliphatic rings. The van der Waals surface area contributed by atoms with E-state index < -0.39 is 0 Å². The van der Waals surface area contributed by atoms with E-state index in [1.54, 1.807) is 6.20 Å². The summed E-state index contributed by atoms with van der Waals surface area (Å²) in [5.41, 5.74) is 5.24. The Kier molecular flexibility index (Phi) is 4.58. The van der Waals surface area contributed by atoms with E-state index in [9.17, 15) is 10.1 Å². The second-order valence-corrected chi connectivity index (χ2v) is 6.45. The maximum Gasteiger partial charge on any atom is 0.267 e. The van der Waals surface area contributed by atoms with Crippen LogP contribution in [0, 0.1) is 25.2 Å². The van der Waals surface area contributed by atoms with Gasteiger partial charge < -0.3 is 10.2 Å². The minimum Gasteiger partial charge on any atom is -0.343 e. The van der Waals surface area contributed by atoms with Gasteiger partial charge in [-0.15, -0.1) is 0 Å². The minimum absolute atomic E-state index is 0.101. The second kappa shape index (κ2) is 6.82. The molecule has 0 bridgehead atoms. The molecule has 1 N–H and O–H groups in total. The van der Waals surface area contributed by atoms with Crippen LogP contribution in [0.5, 0.6) is 0 Å². The summed E-state index contributed by atoms with van der Waals surface area (Å²) in [4.78, 5) is 14.6. The van der Waals surface area contributed by atoms with Crippen molar-refractivity contribution in [1.29, 1.82) is 5.26 Å². The summed E-state index contributed by atoms with van der Waals surface area (Å²) in [6, 6.07) is 16.1. The van der Waals surface area contributed by atoms with Crippen molar-refractivity contribution in [3.63, 3.8) is 0 Å². The van der Waals surface area contributed by atoms with Crippen molar-refractivity contribution in [2.24, 2.45) is 0 Å². The predicted molar refractivity (Wildman–Crippen MR) is 100 cm³/mol. The van der Waals surface area contributed by atoms with Crippen LogP contribution < -0.4 is 10.2 Å². The fourth-order valence-electron chi connectivity index (χ4n) is 3.14. The van der Waals surface area contributed by atoms with Crippen LogP contribution in [0.3, 0.4) is 0 Å². The lowest BCUT2D eigenvalue weighted by Gasteiger charge is -2.20. The fourth-order valence-corrected chi connectivity index (χ4v) is 3.14. The van der Waals surface area contributed by atoms with E-state index in [1.165, 1.54) is 5.56 Å². The summed E-state index contributed by atoms with van der Waals surface area (Å²) in [5, 5.41) is 12.3. The SMILES string of the molecule is Cc1cccc(NC(=O)/C(C#N)=C\N2c3ccccc3CC2C)c1C. The third-order valence-corrected chi connectivity index (χ3v) is 4.75. The highest BCUT2D eigenvalue weighted by molar-refractivity contribution is 6.07. The van der Waals surface area contributed by atoms with E-state index in [-0.39, 0.29) is 17.5 Å². The molecule has 1 aliphatic heterocycles. The van der Waals surface area contributed by atoms with Gasteiger partial charge in [0.2, 0.25) is 0 Å². The third kappa shape index (κ3) is 3.27. The molecule has 4 heteroatoms. The molecule has 0 aromatic heterocycles. The van der Waals surface area contributed by atoms with E-state index >= 15 is 0 Å². The molecule has 2 aromatic rings. The van der Waals surface area contributed by atoms with E-state index in [2.05, 4.69) is 18.3 Å².